The third-order valence-electron chi connectivity index (χ3n) is 15.4. The number of phenolic OH excluding ortho intramolecular Hbond substituents is 4. The van der Waals surface area contributed by atoms with Crippen molar-refractivity contribution >= 4 is 44.7 Å². The number of ether oxygens (including phenoxy) is 2. The van der Waals surface area contributed by atoms with Crippen molar-refractivity contribution in [3.05, 3.63) is 179 Å². The second-order valence-electron chi connectivity index (χ2n) is 22.5. The minimum Gasteiger partial charge on any atom is -0.506 e. The first-order valence-corrected chi connectivity index (χ1v) is 30.5. The number of hydrazine groups is 1. The van der Waals surface area contributed by atoms with Crippen LogP contribution in [0.1, 0.15) is 97.8 Å². The Balaban J connectivity index is 0.000000192. The van der Waals surface area contributed by atoms with Gasteiger partial charge >= 0.3 is 18.0 Å². The highest BCUT2D eigenvalue weighted by atomic mass is 19.4. The Hall–Kier alpha value is -11.0. The Kier molecular flexibility index (Phi) is 19.1. The maximum Gasteiger partial charge on any atom is 0.416 e. The zero-order valence-corrected chi connectivity index (χ0v) is 51.1. The van der Waals surface area contributed by atoms with Gasteiger partial charge in [0, 0.05) is 57.9 Å². The normalized spacial score (nSPS) is 14.4. The van der Waals surface area contributed by atoms with Crippen molar-refractivity contribution in [1.82, 2.24) is 55.3 Å². The quantitative estimate of drug-likeness (QED) is 0.0206. The number of hydrogen-bond donors (Lipinski definition) is 5. The maximum atomic E-state index is 13.3. The number of rotatable bonds is 20. The van der Waals surface area contributed by atoms with E-state index in [0.29, 0.717) is 63.8 Å². The highest BCUT2D eigenvalue weighted by Crippen LogP contribution is 2.37. The Bertz CT molecular complexity index is 4590. The van der Waals surface area contributed by atoms with Crippen LogP contribution in [0.5, 0.6) is 34.5 Å². The molecule has 12 rings (SSSR count). The molecule has 3 aromatic heterocycles. The molecule has 94 heavy (non-hydrogen) atoms. The van der Waals surface area contributed by atoms with Crippen molar-refractivity contribution in [2.75, 3.05) is 26.3 Å². The van der Waals surface area contributed by atoms with Crippen molar-refractivity contribution < 1.29 is 65.8 Å². The van der Waals surface area contributed by atoms with E-state index in [1.807, 2.05) is 30.0 Å². The van der Waals surface area contributed by atoms with Crippen molar-refractivity contribution in [2.45, 2.75) is 96.6 Å². The number of nitrogens with zero attached hydrogens (tertiary/aromatic N) is 12. The van der Waals surface area contributed by atoms with E-state index in [2.05, 4.69) is 66.8 Å². The zero-order valence-electron chi connectivity index (χ0n) is 51.1. The van der Waals surface area contributed by atoms with Gasteiger partial charge in [-0.1, -0.05) is 56.7 Å². The molecule has 1 aliphatic carbocycles. The van der Waals surface area contributed by atoms with Crippen LogP contribution in [0.2, 0.25) is 0 Å². The molecule has 2 aliphatic rings. The van der Waals surface area contributed by atoms with Gasteiger partial charge in [-0.2, -0.15) is 31.8 Å². The van der Waals surface area contributed by atoms with Gasteiger partial charge in [0.25, 0.3) is 5.91 Å². The molecule has 484 valence electrons. The van der Waals surface area contributed by atoms with Crippen molar-refractivity contribution in [3.63, 3.8) is 0 Å². The lowest BCUT2D eigenvalue weighted by molar-refractivity contribution is -0.561. The first kappa shape index (κ1) is 64.6. The van der Waals surface area contributed by atoms with Crippen LogP contribution in [0.15, 0.2) is 156 Å². The lowest BCUT2D eigenvalue weighted by Gasteiger charge is -2.22. The Morgan fingerprint density at radius 3 is 1.60 bits per heavy atom. The van der Waals surface area contributed by atoms with Crippen LogP contribution in [-0.4, -0.2) is 126 Å². The van der Waals surface area contributed by atoms with E-state index in [1.54, 1.807) is 72.8 Å². The van der Waals surface area contributed by atoms with Gasteiger partial charge in [0.15, 0.2) is 11.8 Å². The Morgan fingerprint density at radius 1 is 0.564 bits per heavy atom. The molecule has 7 aromatic carbocycles. The van der Waals surface area contributed by atoms with Crippen LogP contribution in [0.3, 0.4) is 0 Å². The minimum atomic E-state index is -4.51. The summed E-state index contributed by atoms with van der Waals surface area (Å²) < 4.78 is 89.6. The average Bonchev–Trinajstić information content (AvgIpc) is 1.70. The molecule has 26 heteroatoms. The molecule has 0 bridgehead atoms. The minimum absolute atomic E-state index is 0.00155. The molecule has 1 amide bonds. The molecule has 0 spiro atoms. The van der Waals surface area contributed by atoms with Gasteiger partial charge < -0.3 is 34.8 Å². The van der Waals surface area contributed by atoms with Crippen LogP contribution < -0.4 is 14.9 Å². The van der Waals surface area contributed by atoms with Gasteiger partial charge in [-0.15, -0.1) is 45.0 Å². The number of unbranched alkanes of at least 4 members (excludes halogenated alkanes) is 5. The standard InChI is InChI=1S/C36H35N7O3.C32H28F6N6O4/c1-4-6-18-41(19-7-5-2)36(46)27-13-15-29-31(23-27)40-43(38-29)33-17-12-26(22-35(33)45)10-9-25-11-16-32(34(44)21-25)42-37-28-14-8-24(3)20-30(28)39-42;33-31(34,35)19-5-9-23-25(15-19)41-43(39-23)27-11-7-21(17-29(27)45)47-13-3-1-2-4-14-48-22-8-12-28(30(46)18-22)44-40-24-10-6-20(32(36,37)38)16-26(24)42-44/h8,11-17,20-23,44-45H,4-7,18-19H2,1-3H3;5-12,15-18,23,25H,1-4,13-14H2,(H2-,39,41,45,46)/p+1. The van der Waals surface area contributed by atoms with E-state index in [4.69, 9.17) is 9.47 Å². The number of hydrogen-bond acceptors (Lipinski definition) is 15. The second kappa shape index (κ2) is 27.9. The van der Waals surface area contributed by atoms with E-state index in [-0.39, 0.29) is 51.3 Å². The number of aromatic nitrogens is 9. The number of phenols is 4. The first-order valence-electron chi connectivity index (χ1n) is 30.5. The lowest BCUT2D eigenvalue weighted by atomic mass is 9.99. The van der Waals surface area contributed by atoms with Crippen LogP contribution in [-0.2, 0) is 6.18 Å². The van der Waals surface area contributed by atoms with Gasteiger partial charge in [-0.25, -0.2) is 0 Å². The number of azo groups is 1. The summed E-state index contributed by atoms with van der Waals surface area (Å²) in [6.07, 6.45) is 1.60. The molecule has 2 unspecified atom stereocenters. The lowest BCUT2D eigenvalue weighted by Crippen LogP contribution is -2.35. The number of benzene rings is 7. The van der Waals surface area contributed by atoms with Gasteiger partial charge in [-0.05, 0) is 160 Å². The number of aryl methyl sites for hydroxylation is 1. The van der Waals surface area contributed by atoms with E-state index in [9.17, 15) is 51.6 Å². The third kappa shape index (κ3) is 15.2. The van der Waals surface area contributed by atoms with Gasteiger partial charge in [0.05, 0.1) is 24.4 Å². The smallest absolute Gasteiger partial charge is 0.416 e. The molecule has 5 N–H and O–H groups in total. The van der Waals surface area contributed by atoms with Crippen LogP contribution in [0.4, 0.5) is 32.0 Å². The molecule has 2 atom stereocenters. The number of allylic oxidation sites excluding steroid dienone is 2. The zero-order chi connectivity index (χ0) is 66.3. The number of carbonyl (C=O) groups excluding carboxylic acids is 1. The predicted molar refractivity (Wildman–Crippen MR) is 337 cm³/mol. The van der Waals surface area contributed by atoms with Crippen LogP contribution in [0.25, 0.3) is 50.2 Å². The number of amides is 1. The molecule has 0 radical (unpaired) electrons. The molecule has 0 saturated carbocycles. The number of fused-ring (bicyclic) bond motifs is 4. The van der Waals surface area contributed by atoms with Gasteiger partial charge in [0.1, 0.15) is 85.0 Å². The monoisotopic (exact) mass is 1290 g/mol. The van der Waals surface area contributed by atoms with Gasteiger partial charge in [0.2, 0.25) is 0 Å². The van der Waals surface area contributed by atoms with Crippen LogP contribution in [0, 0.1) is 18.8 Å². The highest BCUT2D eigenvalue weighted by Gasteiger charge is 2.42. The third-order valence-corrected chi connectivity index (χ3v) is 15.4. The number of alkyl halides is 6. The molecule has 1 aliphatic heterocycles. The Labute approximate surface area is 534 Å². The summed E-state index contributed by atoms with van der Waals surface area (Å²) in [5.74, 6) is 6.51. The van der Waals surface area contributed by atoms with Gasteiger partial charge in [-0.3, -0.25) is 4.79 Å². The summed E-state index contributed by atoms with van der Waals surface area (Å²) in [7, 11) is 0. The molecule has 4 heterocycles. The largest absolute Gasteiger partial charge is 0.506 e. The number of halogens is 6. The molecule has 20 nitrogen and oxygen atoms in total. The summed E-state index contributed by atoms with van der Waals surface area (Å²) in [5.41, 5.74) is 8.35. The summed E-state index contributed by atoms with van der Waals surface area (Å²) in [5, 5.41) is 73.0. The summed E-state index contributed by atoms with van der Waals surface area (Å²) in [6.45, 7) is 8.48. The fourth-order valence-electron chi connectivity index (χ4n) is 10.4. The SMILES string of the molecule is CCCCN(CCCC)C(=O)c1ccc2nn(-c3ccc(C#Cc4ccc(-n5nc6ccc(C)cc6n5)c(O)c4)cc3O)nc2c1.Oc1cc(OCCCCCCOc2ccc([N+]3=NC4C=CC(C(F)(F)F)=CC4N3)c(O)c2)ccc1-n1nc2ccc(C(F)(F)F)cc2n1. The molecule has 0 fully saturated rings. The summed E-state index contributed by atoms with van der Waals surface area (Å²) in [6, 6.07) is 32.2. The molecular formula is C68H64F6N13O7+. The average molecular weight is 1290 g/mol. The predicted octanol–water partition coefficient (Wildman–Crippen LogP) is 13.6. The van der Waals surface area contributed by atoms with Crippen molar-refractivity contribution in [2.24, 2.45) is 5.11 Å². The fourth-order valence-corrected chi connectivity index (χ4v) is 10.4. The van der Waals surface area contributed by atoms with Crippen molar-refractivity contribution in [1.29, 1.82) is 0 Å². The van der Waals surface area contributed by atoms with E-state index in [0.717, 1.165) is 110 Å². The Morgan fingerprint density at radius 2 is 1.06 bits per heavy atom. The topological polar surface area (TPSA) is 239 Å². The van der Waals surface area contributed by atoms with Crippen molar-refractivity contribution in [3.8, 4) is 63.4 Å². The number of nitrogens with one attached hydrogen (secondary N) is 1. The number of aromatic hydroxyl groups is 4. The number of carbonyl (C=O) groups is 1. The fraction of sp³-hybridized carbons (Fsp3) is 0.279. The van der Waals surface area contributed by atoms with E-state index >= 15 is 0 Å². The second-order valence-corrected chi connectivity index (χ2v) is 22.5. The first-order chi connectivity index (χ1) is 45.2. The molecule has 10 aromatic rings. The highest BCUT2D eigenvalue weighted by molar-refractivity contribution is 5.97. The van der Waals surface area contributed by atoms with Crippen LogP contribution >= 0.6 is 0 Å². The molecule has 0 saturated heterocycles. The summed E-state index contributed by atoms with van der Waals surface area (Å²) >= 11 is 0. The molecular weight excluding hydrogens is 1220 g/mol. The summed E-state index contributed by atoms with van der Waals surface area (Å²) in [4.78, 5) is 20.3. The maximum absolute atomic E-state index is 13.3. The van der Waals surface area contributed by atoms with E-state index in [1.165, 1.54) is 44.7 Å². The van der Waals surface area contributed by atoms with E-state index < -0.39 is 35.6 Å².